The fourth-order valence-corrected chi connectivity index (χ4v) is 3.35. The van der Waals surface area contributed by atoms with Gasteiger partial charge in [0.25, 0.3) is 11.8 Å². The smallest absolute Gasteiger partial charge is 0.327 e. The highest BCUT2D eigenvalue weighted by Gasteiger charge is 2.56. The number of urea groups is 1. The van der Waals surface area contributed by atoms with Crippen molar-refractivity contribution in [1.29, 1.82) is 0 Å². The molecule has 1 saturated heterocycles. The standard InChI is InChI=1S/C19H22ClN3O5/c1-10-4-7-13(20)8-14(10)21-16(25)11(2)28-15(24)9-23-17(26)19(3,12-5-6-12)22-18(23)27/h4,7-8,11-12H,5-6,9H2,1-3H3,(H,21,25)(H,22,27)/t11-,19+/m0/s1. The number of nitrogens with zero attached hydrogens (tertiary/aromatic N) is 1. The van der Waals surface area contributed by atoms with E-state index in [2.05, 4.69) is 10.6 Å². The monoisotopic (exact) mass is 407 g/mol. The van der Waals surface area contributed by atoms with Gasteiger partial charge in [-0.2, -0.15) is 0 Å². The molecule has 28 heavy (non-hydrogen) atoms. The summed E-state index contributed by atoms with van der Waals surface area (Å²) >= 11 is 5.92. The van der Waals surface area contributed by atoms with Gasteiger partial charge in [-0.15, -0.1) is 0 Å². The Morgan fingerprint density at radius 3 is 2.71 bits per heavy atom. The normalized spacial score (nSPS) is 22.6. The fourth-order valence-electron chi connectivity index (χ4n) is 3.18. The van der Waals surface area contributed by atoms with Crippen LogP contribution >= 0.6 is 11.6 Å². The molecule has 9 heteroatoms. The lowest BCUT2D eigenvalue weighted by Crippen LogP contribution is -2.46. The Kier molecular flexibility index (Phi) is 5.34. The molecule has 0 radical (unpaired) electrons. The first kappa shape index (κ1) is 20.1. The number of esters is 1. The average Bonchev–Trinajstić information content (AvgIpc) is 3.44. The number of carbonyl (C=O) groups is 4. The van der Waals surface area contributed by atoms with Crippen LogP contribution in [0.25, 0.3) is 0 Å². The quantitative estimate of drug-likeness (QED) is 0.555. The maximum atomic E-state index is 12.5. The van der Waals surface area contributed by atoms with Crippen LogP contribution in [0.15, 0.2) is 18.2 Å². The fraction of sp³-hybridized carbons (Fsp3) is 0.474. The number of hydrogen-bond acceptors (Lipinski definition) is 5. The van der Waals surface area contributed by atoms with E-state index in [0.29, 0.717) is 10.7 Å². The number of hydrogen-bond donors (Lipinski definition) is 2. The van der Waals surface area contributed by atoms with Gasteiger partial charge in [-0.1, -0.05) is 17.7 Å². The maximum absolute atomic E-state index is 12.5. The van der Waals surface area contributed by atoms with Gasteiger partial charge in [-0.25, -0.2) is 4.79 Å². The summed E-state index contributed by atoms with van der Waals surface area (Å²) in [5, 5.41) is 5.76. The minimum absolute atomic E-state index is 0.0932. The van der Waals surface area contributed by atoms with Crippen LogP contribution in [0, 0.1) is 12.8 Å². The van der Waals surface area contributed by atoms with E-state index in [4.69, 9.17) is 16.3 Å². The summed E-state index contributed by atoms with van der Waals surface area (Å²) in [5.74, 6) is -1.73. The molecule has 3 rings (SSSR count). The molecule has 8 nitrogen and oxygen atoms in total. The first-order valence-corrected chi connectivity index (χ1v) is 9.40. The van der Waals surface area contributed by atoms with Crippen molar-refractivity contribution in [3.05, 3.63) is 28.8 Å². The largest absolute Gasteiger partial charge is 0.451 e. The Balaban J connectivity index is 1.57. The zero-order valence-electron chi connectivity index (χ0n) is 15.9. The second kappa shape index (κ2) is 7.43. The highest BCUT2D eigenvalue weighted by molar-refractivity contribution is 6.31. The van der Waals surface area contributed by atoms with Crippen molar-refractivity contribution in [3.63, 3.8) is 0 Å². The summed E-state index contributed by atoms with van der Waals surface area (Å²) in [6, 6.07) is 4.42. The number of amides is 4. The molecule has 1 aliphatic heterocycles. The number of carbonyl (C=O) groups excluding carboxylic acids is 4. The summed E-state index contributed by atoms with van der Waals surface area (Å²) in [5.41, 5.74) is 0.342. The van der Waals surface area contributed by atoms with Gasteiger partial charge in [0.15, 0.2) is 6.10 Å². The van der Waals surface area contributed by atoms with Crippen LogP contribution in [0.5, 0.6) is 0 Å². The molecule has 150 valence electrons. The first-order valence-electron chi connectivity index (χ1n) is 9.02. The Morgan fingerprint density at radius 1 is 1.39 bits per heavy atom. The topological polar surface area (TPSA) is 105 Å². The Hall–Kier alpha value is -2.61. The molecule has 0 aromatic heterocycles. The van der Waals surface area contributed by atoms with Crippen molar-refractivity contribution in [2.45, 2.75) is 45.3 Å². The highest BCUT2D eigenvalue weighted by atomic mass is 35.5. The van der Waals surface area contributed by atoms with Gasteiger partial charge >= 0.3 is 12.0 Å². The molecule has 2 aliphatic rings. The van der Waals surface area contributed by atoms with Crippen molar-refractivity contribution in [1.82, 2.24) is 10.2 Å². The van der Waals surface area contributed by atoms with Gasteiger partial charge in [0.05, 0.1) is 0 Å². The van der Waals surface area contributed by atoms with E-state index < -0.39 is 42.0 Å². The molecular weight excluding hydrogens is 386 g/mol. The summed E-state index contributed by atoms with van der Waals surface area (Å²) in [6.45, 7) is 4.34. The minimum atomic E-state index is -1.11. The molecular formula is C19H22ClN3O5. The van der Waals surface area contributed by atoms with Crippen LogP contribution in [-0.2, 0) is 19.1 Å². The van der Waals surface area contributed by atoms with E-state index in [1.54, 1.807) is 32.0 Å². The Bertz CT molecular complexity index is 854. The van der Waals surface area contributed by atoms with Crippen molar-refractivity contribution in [3.8, 4) is 0 Å². The van der Waals surface area contributed by atoms with Crippen LogP contribution in [0.1, 0.15) is 32.3 Å². The van der Waals surface area contributed by atoms with Crippen LogP contribution < -0.4 is 10.6 Å². The molecule has 4 amide bonds. The number of anilines is 1. The van der Waals surface area contributed by atoms with Crippen molar-refractivity contribution in [2.75, 3.05) is 11.9 Å². The van der Waals surface area contributed by atoms with E-state index in [0.717, 1.165) is 23.3 Å². The molecule has 0 spiro atoms. The van der Waals surface area contributed by atoms with E-state index in [1.165, 1.54) is 6.92 Å². The zero-order chi connectivity index (χ0) is 20.6. The molecule has 1 saturated carbocycles. The molecule has 1 aromatic carbocycles. The number of rotatable bonds is 6. The third-order valence-electron chi connectivity index (χ3n) is 5.12. The molecule has 0 unspecified atom stereocenters. The Labute approximate surface area is 167 Å². The summed E-state index contributed by atoms with van der Waals surface area (Å²) in [6.07, 6.45) is 0.614. The third-order valence-corrected chi connectivity index (χ3v) is 5.35. The van der Waals surface area contributed by atoms with Crippen LogP contribution in [0.2, 0.25) is 5.02 Å². The molecule has 2 N–H and O–H groups in total. The molecule has 2 fully saturated rings. The predicted octanol–water partition coefficient (Wildman–Crippen LogP) is 2.24. The first-order chi connectivity index (χ1) is 13.1. The maximum Gasteiger partial charge on any atom is 0.327 e. The van der Waals surface area contributed by atoms with E-state index in [-0.39, 0.29) is 5.92 Å². The number of benzene rings is 1. The lowest BCUT2D eigenvalue weighted by Gasteiger charge is -2.21. The second-order valence-corrected chi connectivity index (χ2v) is 7.82. The van der Waals surface area contributed by atoms with E-state index in [9.17, 15) is 19.2 Å². The third kappa shape index (κ3) is 3.96. The molecule has 0 bridgehead atoms. The SMILES string of the molecule is Cc1ccc(Cl)cc1NC(=O)[C@H](C)OC(=O)CN1C(=O)N[C@](C)(C2CC2)C1=O. The number of ether oxygens (including phenoxy) is 1. The molecule has 2 atom stereocenters. The number of aryl methyl sites for hydroxylation is 1. The van der Waals surface area contributed by atoms with Gasteiger partial charge in [0, 0.05) is 10.7 Å². The van der Waals surface area contributed by atoms with E-state index >= 15 is 0 Å². The molecule has 1 heterocycles. The lowest BCUT2D eigenvalue weighted by atomic mass is 9.96. The van der Waals surface area contributed by atoms with Gasteiger partial charge in [-0.3, -0.25) is 19.3 Å². The van der Waals surface area contributed by atoms with E-state index in [1.807, 2.05) is 0 Å². The van der Waals surface area contributed by atoms with Crippen molar-refractivity contribution < 1.29 is 23.9 Å². The van der Waals surface area contributed by atoms with Gasteiger partial charge in [0.1, 0.15) is 12.1 Å². The summed E-state index contributed by atoms with van der Waals surface area (Å²) in [4.78, 5) is 49.9. The number of nitrogens with one attached hydrogen (secondary N) is 2. The molecule has 1 aromatic rings. The van der Waals surface area contributed by atoms with Gasteiger partial charge in [-0.05, 0) is 57.2 Å². The molecule has 1 aliphatic carbocycles. The van der Waals surface area contributed by atoms with Crippen LogP contribution in [0.4, 0.5) is 10.5 Å². The number of halogens is 1. The minimum Gasteiger partial charge on any atom is -0.451 e. The Morgan fingerprint density at radius 2 is 2.07 bits per heavy atom. The average molecular weight is 408 g/mol. The van der Waals surface area contributed by atoms with Crippen molar-refractivity contribution in [2.24, 2.45) is 5.92 Å². The van der Waals surface area contributed by atoms with Gasteiger partial charge in [0.2, 0.25) is 0 Å². The van der Waals surface area contributed by atoms with Crippen molar-refractivity contribution >= 4 is 41.1 Å². The zero-order valence-corrected chi connectivity index (χ0v) is 16.6. The summed E-state index contributed by atoms with van der Waals surface area (Å²) < 4.78 is 5.10. The van der Waals surface area contributed by atoms with Crippen LogP contribution in [-0.4, -0.2) is 46.9 Å². The predicted molar refractivity (Wildman–Crippen MR) is 102 cm³/mol. The second-order valence-electron chi connectivity index (χ2n) is 7.38. The highest BCUT2D eigenvalue weighted by Crippen LogP contribution is 2.42. The van der Waals surface area contributed by atoms with Crippen LogP contribution in [0.3, 0.4) is 0 Å². The van der Waals surface area contributed by atoms with Gasteiger partial charge < -0.3 is 15.4 Å². The lowest BCUT2D eigenvalue weighted by molar-refractivity contribution is -0.155. The number of imide groups is 1. The summed E-state index contributed by atoms with van der Waals surface area (Å²) in [7, 11) is 0.